The van der Waals surface area contributed by atoms with E-state index >= 15 is 0 Å². The lowest BCUT2D eigenvalue weighted by Crippen LogP contribution is -2.20. The van der Waals surface area contributed by atoms with Crippen LogP contribution < -0.4 is 15.8 Å². The minimum Gasteiger partial charge on any atom is -0.484 e. The predicted molar refractivity (Wildman–Crippen MR) is 93.2 cm³/mol. The van der Waals surface area contributed by atoms with E-state index in [9.17, 15) is 14.0 Å². The fourth-order valence-electron chi connectivity index (χ4n) is 2.21. The second-order valence-electron chi connectivity index (χ2n) is 5.40. The van der Waals surface area contributed by atoms with Crippen LogP contribution in [0.5, 0.6) is 5.75 Å². The first kappa shape index (κ1) is 17.2. The van der Waals surface area contributed by atoms with Crippen LogP contribution in [0.15, 0.2) is 65.1 Å². The maximum absolute atomic E-state index is 13.0. The molecule has 0 aliphatic rings. The molecule has 0 bridgehead atoms. The maximum atomic E-state index is 13.0. The molecule has 7 heteroatoms. The molecular weight excluding hydrogens is 339 g/mol. The molecule has 0 aliphatic carbocycles. The number of rotatable bonds is 6. The van der Waals surface area contributed by atoms with Crippen molar-refractivity contribution in [3.63, 3.8) is 0 Å². The molecule has 0 radical (unpaired) electrons. The summed E-state index contributed by atoms with van der Waals surface area (Å²) in [6, 6.07) is 15.4. The first-order valence-corrected chi connectivity index (χ1v) is 7.69. The molecule has 3 rings (SSSR count). The molecule has 0 aliphatic heterocycles. The van der Waals surface area contributed by atoms with Gasteiger partial charge in [-0.3, -0.25) is 9.59 Å². The number of halogens is 1. The zero-order chi connectivity index (χ0) is 18.5. The summed E-state index contributed by atoms with van der Waals surface area (Å²) < 4.78 is 23.6. The molecular formula is C19H15FN2O4. The van der Waals surface area contributed by atoms with Crippen LogP contribution in [-0.2, 0) is 4.79 Å². The topological polar surface area (TPSA) is 94.6 Å². The summed E-state index contributed by atoms with van der Waals surface area (Å²) in [4.78, 5) is 22.9. The Kier molecular flexibility index (Phi) is 4.98. The molecule has 0 saturated carbocycles. The van der Waals surface area contributed by atoms with E-state index in [-0.39, 0.29) is 18.2 Å². The van der Waals surface area contributed by atoms with Gasteiger partial charge in [0.05, 0.1) is 0 Å². The Morgan fingerprint density at radius 3 is 2.35 bits per heavy atom. The summed E-state index contributed by atoms with van der Waals surface area (Å²) in [5.41, 5.74) is 6.20. The Bertz CT molecular complexity index is 917. The van der Waals surface area contributed by atoms with Crippen molar-refractivity contribution < 1.29 is 23.1 Å². The lowest BCUT2D eigenvalue weighted by Gasteiger charge is -2.06. The highest BCUT2D eigenvalue weighted by atomic mass is 19.1. The van der Waals surface area contributed by atoms with Gasteiger partial charge in [0, 0.05) is 11.3 Å². The Labute approximate surface area is 148 Å². The first-order chi connectivity index (χ1) is 12.5. The molecule has 0 unspecified atom stereocenters. The van der Waals surface area contributed by atoms with Crippen molar-refractivity contribution in [3.8, 4) is 17.1 Å². The van der Waals surface area contributed by atoms with Crippen molar-refractivity contribution in [1.29, 1.82) is 0 Å². The van der Waals surface area contributed by atoms with E-state index in [4.69, 9.17) is 14.9 Å². The van der Waals surface area contributed by atoms with Gasteiger partial charge in [0.2, 0.25) is 0 Å². The lowest BCUT2D eigenvalue weighted by molar-refractivity contribution is -0.119. The molecule has 3 aromatic rings. The van der Waals surface area contributed by atoms with Crippen molar-refractivity contribution in [2.45, 2.75) is 0 Å². The number of nitrogens with one attached hydrogen (secondary N) is 1. The number of amides is 2. The highest BCUT2D eigenvalue weighted by molar-refractivity contribution is 6.02. The Morgan fingerprint density at radius 2 is 1.69 bits per heavy atom. The van der Waals surface area contributed by atoms with Gasteiger partial charge >= 0.3 is 0 Å². The summed E-state index contributed by atoms with van der Waals surface area (Å²) >= 11 is 0. The Balaban J connectivity index is 1.65. The average molecular weight is 354 g/mol. The molecule has 132 valence electrons. The predicted octanol–water partition coefficient (Wildman–Crippen LogP) is 3.20. The van der Waals surface area contributed by atoms with E-state index in [1.54, 1.807) is 48.5 Å². The van der Waals surface area contributed by atoms with E-state index in [0.717, 1.165) is 0 Å². The summed E-state index contributed by atoms with van der Waals surface area (Å²) in [5.74, 6) is -0.301. The normalized spacial score (nSPS) is 10.3. The van der Waals surface area contributed by atoms with Gasteiger partial charge in [0.1, 0.15) is 17.3 Å². The van der Waals surface area contributed by atoms with Crippen LogP contribution in [0.25, 0.3) is 11.3 Å². The quantitative estimate of drug-likeness (QED) is 0.711. The van der Waals surface area contributed by atoms with Crippen molar-refractivity contribution in [1.82, 2.24) is 0 Å². The Morgan fingerprint density at radius 1 is 1.00 bits per heavy atom. The first-order valence-electron chi connectivity index (χ1n) is 7.69. The van der Waals surface area contributed by atoms with E-state index in [0.29, 0.717) is 22.8 Å². The number of primary amides is 1. The number of furan rings is 1. The van der Waals surface area contributed by atoms with Crippen molar-refractivity contribution in [2.75, 3.05) is 11.9 Å². The van der Waals surface area contributed by atoms with Gasteiger partial charge in [-0.25, -0.2) is 4.39 Å². The molecule has 1 aromatic heterocycles. The minimum atomic E-state index is -0.572. The molecule has 26 heavy (non-hydrogen) atoms. The van der Waals surface area contributed by atoms with Crippen LogP contribution in [0.2, 0.25) is 0 Å². The van der Waals surface area contributed by atoms with E-state index < -0.39 is 11.8 Å². The molecule has 2 aromatic carbocycles. The van der Waals surface area contributed by atoms with Gasteiger partial charge in [0.25, 0.3) is 11.8 Å². The second-order valence-corrected chi connectivity index (χ2v) is 5.40. The van der Waals surface area contributed by atoms with Crippen LogP contribution in [0.4, 0.5) is 10.1 Å². The monoisotopic (exact) mass is 354 g/mol. The highest BCUT2D eigenvalue weighted by Gasteiger charge is 2.13. The average Bonchev–Trinajstić information content (AvgIpc) is 3.12. The summed E-state index contributed by atoms with van der Waals surface area (Å²) in [7, 11) is 0. The van der Waals surface area contributed by atoms with Crippen molar-refractivity contribution in [2.24, 2.45) is 5.73 Å². The van der Waals surface area contributed by atoms with Crippen LogP contribution in [0.1, 0.15) is 10.6 Å². The number of hydrogen-bond acceptors (Lipinski definition) is 4. The fraction of sp³-hybridized carbons (Fsp3) is 0.0526. The van der Waals surface area contributed by atoms with Gasteiger partial charge in [-0.05, 0) is 60.7 Å². The maximum Gasteiger partial charge on any atom is 0.291 e. The molecule has 3 N–H and O–H groups in total. The number of nitrogens with two attached hydrogens (primary N) is 1. The van der Waals surface area contributed by atoms with Gasteiger partial charge in [-0.15, -0.1) is 0 Å². The van der Waals surface area contributed by atoms with Gasteiger partial charge in [-0.1, -0.05) is 0 Å². The number of ether oxygens (including phenoxy) is 1. The fourth-order valence-corrected chi connectivity index (χ4v) is 2.21. The van der Waals surface area contributed by atoms with Crippen LogP contribution in [-0.4, -0.2) is 18.4 Å². The van der Waals surface area contributed by atoms with Crippen molar-refractivity contribution in [3.05, 3.63) is 72.2 Å². The third-order valence-corrected chi connectivity index (χ3v) is 3.45. The molecule has 0 fully saturated rings. The molecule has 0 spiro atoms. The minimum absolute atomic E-state index is 0.123. The van der Waals surface area contributed by atoms with Crippen LogP contribution in [0, 0.1) is 5.82 Å². The van der Waals surface area contributed by atoms with Gasteiger partial charge in [0.15, 0.2) is 12.4 Å². The Hall–Kier alpha value is -3.61. The molecule has 1 heterocycles. The number of hydrogen-bond donors (Lipinski definition) is 2. The van der Waals surface area contributed by atoms with Crippen LogP contribution in [0.3, 0.4) is 0 Å². The number of anilines is 1. The zero-order valence-corrected chi connectivity index (χ0v) is 13.6. The van der Waals surface area contributed by atoms with E-state index in [1.165, 1.54) is 12.1 Å². The second kappa shape index (κ2) is 7.52. The van der Waals surface area contributed by atoms with Crippen LogP contribution >= 0.6 is 0 Å². The van der Waals surface area contributed by atoms with E-state index in [2.05, 4.69) is 5.32 Å². The molecule has 6 nitrogen and oxygen atoms in total. The largest absolute Gasteiger partial charge is 0.484 e. The smallest absolute Gasteiger partial charge is 0.291 e. The highest BCUT2D eigenvalue weighted by Crippen LogP contribution is 2.23. The zero-order valence-electron chi connectivity index (χ0n) is 13.6. The lowest BCUT2D eigenvalue weighted by atomic mass is 10.2. The third kappa shape index (κ3) is 4.27. The number of carbonyl (C=O) groups excluding carboxylic acids is 2. The summed E-state index contributed by atoms with van der Waals surface area (Å²) in [6.07, 6.45) is 0. The molecule has 0 atom stereocenters. The van der Waals surface area contributed by atoms with Gasteiger partial charge in [-0.2, -0.15) is 0 Å². The third-order valence-electron chi connectivity index (χ3n) is 3.45. The number of benzene rings is 2. The SMILES string of the molecule is NC(=O)COc1ccc(NC(=O)c2ccc(-c3ccc(F)cc3)o2)cc1. The summed E-state index contributed by atoms with van der Waals surface area (Å²) in [6.45, 7) is -0.218. The van der Waals surface area contributed by atoms with Gasteiger partial charge < -0.3 is 20.2 Å². The molecule has 0 saturated heterocycles. The molecule has 2 amide bonds. The van der Waals surface area contributed by atoms with E-state index in [1.807, 2.05) is 0 Å². The summed E-state index contributed by atoms with van der Waals surface area (Å²) in [5, 5.41) is 2.68. The van der Waals surface area contributed by atoms with Crippen molar-refractivity contribution >= 4 is 17.5 Å². The number of carbonyl (C=O) groups is 2. The standard InChI is InChI=1S/C19H15FN2O4/c20-13-3-1-12(2-4-13)16-9-10-17(26-16)19(24)22-14-5-7-15(8-6-14)25-11-18(21)23/h1-10H,11H2,(H2,21,23)(H,22,24).